The molecule has 1 aromatic heterocycles. The summed E-state index contributed by atoms with van der Waals surface area (Å²) in [5.41, 5.74) is 1.24. The van der Waals surface area contributed by atoms with E-state index in [0.29, 0.717) is 10.6 Å². The quantitative estimate of drug-likeness (QED) is 0.417. The molecule has 2 atom stereocenters. The van der Waals surface area contributed by atoms with Gasteiger partial charge in [-0.1, -0.05) is 41.9 Å². The van der Waals surface area contributed by atoms with Gasteiger partial charge in [-0.15, -0.1) is 0 Å². The van der Waals surface area contributed by atoms with Crippen molar-refractivity contribution >= 4 is 23.4 Å². The lowest BCUT2D eigenvalue weighted by atomic mass is 9.95. The summed E-state index contributed by atoms with van der Waals surface area (Å²) in [5, 5.41) is 3.37. The third-order valence-electron chi connectivity index (χ3n) is 6.85. The summed E-state index contributed by atoms with van der Waals surface area (Å²) in [6, 6.07) is 14.7. The van der Waals surface area contributed by atoms with E-state index >= 15 is 0 Å². The highest BCUT2D eigenvalue weighted by molar-refractivity contribution is 6.30. The molecule has 3 aromatic rings. The predicted molar refractivity (Wildman–Crippen MR) is 133 cm³/mol. The molecule has 2 aliphatic rings. The van der Waals surface area contributed by atoms with E-state index in [1.807, 2.05) is 24.3 Å². The number of carbonyl (C=O) groups is 1. The Morgan fingerprint density at radius 3 is 2.36 bits per heavy atom. The number of pyridine rings is 1. The van der Waals surface area contributed by atoms with Crippen molar-refractivity contribution in [2.75, 3.05) is 24.5 Å². The van der Waals surface area contributed by atoms with Crippen molar-refractivity contribution in [2.24, 2.45) is 0 Å². The number of nitrogens with one attached hydrogen (secondary N) is 1. The number of hydrogen-bond acceptors (Lipinski definition) is 3. The second kappa shape index (κ2) is 10.0. The van der Waals surface area contributed by atoms with Crippen molar-refractivity contribution in [3.05, 3.63) is 94.1 Å². The molecule has 36 heavy (non-hydrogen) atoms. The van der Waals surface area contributed by atoms with Crippen molar-refractivity contribution in [2.45, 2.75) is 37.5 Å². The van der Waals surface area contributed by atoms with Crippen LogP contribution in [-0.4, -0.2) is 35.5 Å². The number of piperidine rings is 1. The summed E-state index contributed by atoms with van der Waals surface area (Å²) in [6.07, 6.45) is 0.764. The summed E-state index contributed by atoms with van der Waals surface area (Å²) in [6.45, 7) is 2.11. The van der Waals surface area contributed by atoms with E-state index in [0.717, 1.165) is 55.0 Å². The number of benzene rings is 2. The van der Waals surface area contributed by atoms with Gasteiger partial charge in [-0.3, -0.25) is 0 Å². The lowest BCUT2D eigenvalue weighted by Gasteiger charge is -2.33. The van der Waals surface area contributed by atoms with Gasteiger partial charge in [0.05, 0.1) is 17.6 Å². The number of nitrogens with zero attached hydrogens (tertiary/aromatic N) is 3. The van der Waals surface area contributed by atoms with Crippen LogP contribution < -0.4 is 10.2 Å². The number of halogens is 4. The summed E-state index contributed by atoms with van der Waals surface area (Å²) >= 11 is 6.12. The van der Waals surface area contributed by atoms with E-state index in [1.54, 1.807) is 29.3 Å². The maximum Gasteiger partial charge on any atom is 0.416 e. The monoisotopic (exact) mass is 514 g/mol. The van der Waals surface area contributed by atoms with Crippen molar-refractivity contribution in [3.63, 3.8) is 0 Å². The van der Waals surface area contributed by atoms with Gasteiger partial charge in [-0.25, -0.2) is 9.78 Å². The summed E-state index contributed by atoms with van der Waals surface area (Å²) in [5.74, 6) is 0.883. The molecule has 5 nitrogen and oxygen atoms in total. The van der Waals surface area contributed by atoms with E-state index in [-0.39, 0.29) is 12.6 Å². The van der Waals surface area contributed by atoms with Crippen LogP contribution in [0.5, 0.6) is 0 Å². The molecule has 0 bridgehead atoms. The van der Waals surface area contributed by atoms with Crippen LogP contribution in [0.1, 0.15) is 53.6 Å². The van der Waals surface area contributed by atoms with Crippen LogP contribution in [0.15, 0.2) is 66.9 Å². The molecular formula is C27H26ClF3N4O. The first-order valence-electron chi connectivity index (χ1n) is 12.0. The number of urea groups is 1. The fourth-order valence-electron chi connectivity index (χ4n) is 5.04. The smallest absolute Gasteiger partial charge is 0.357 e. The molecule has 9 heteroatoms. The van der Waals surface area contributed by atoms with Crippen molar-refractivity contribution in [1.82, 2.24) is 15.2 Å². The summed E-state index contributed by atoms with van der Waals surface area (Å²) in [7, 11) is 0. The minimum absolute atomic E-state index is 0.198. The number of aromatic nitrogens is 1. The molecule has 2 unspecified atom stereocenters. The average Bonchev–Trinajstić information content (AvgIpc) is 3.27. The Kier molecular flexibility index (Phi) is 6.79. The highest BCUT2D eigenvalue weighted by Gasteiger charge is 2.40. The number of rotatable bonds is 5. The molecule has 2 aliphatic heterocycles. The van der Waals surface area contributed by atoms with Gasteiger partial charge in [0, 0.05) is 30.9 Å². The van der Waals surface area contributed by atoms with E-state index in [9.17, 15) is 18.0 Å². The number of carbonyl (C=O) groups excluding carboxylic acids is 1. The molecule has 3 heterocycles. The molecular weight excluding hydrogens is 489 g/mol. The Labute approximate surface area is 212 Å². The third kappa shape index (κ3) is 5.00. The van der Waals surface area contributed by atoms with Crippen LogP contribution in [0.3, 0.4) is 0 Å². The van der Waals surface area contributed by atoms with Crippen molar-refractivity contribution in [1.29, 1.82) is 0 Å². The topological polar surface area (TPSA) is 48.5 Å². The fourth-order valence-corrected chi connectivity index (χ4v) is 5.17. The van der Waals surface area contributed by atoms with Gasteiger partial charge in [0.15, 0.2) is 0 Å². The first-order chi connectivity index (χ1) is 17.3. The van der Waals surface area contributed by atoms with Crippen LogP contribution in [0, 0.1) is 0 Å². The minimum Gasteiger partial charge on any atom is -0.357 e. The zero-order chi connectivity index (χ0) is 25.3. The molecule has 2 aromatic carbocycles. The fraction of sp³-hybridized carbons (Fsp3) is 0.333. The van der Waals surface area contributed by atoms with Crippen LogP contribution in [0.25, 0.3) is 0 Å². The van der Waals surface area contributed by atoms with Gasteiger partial charge in [-0.2, -0.15) is 13.2 Å². The highest BCUT2D eigenvalue weighted by atomic mass is 35.5. The molecule has 2 fully saturated rings. The van der Waals surface area contributed by atoms with Crippen LogP contribution >= 0.6 is 11.6 Å². The SMILES string of the molecule is O=C1NCC(c2cccc(C(F)(F)F)c2)N1C(c1ccc(Cl)cc1)c1ccc(N2CCCCC2)nc1. The van der Waals surface area contributed by atoms with E-state index < -0.39 is 23.8 Å². The number of amides is 2. The largest absolute Gasteiger partial charge is 0.416 e. The number of alkyl halides is 3. The van der Waals surface area contributed by atoms with Gasteiger partial charge >= 0.3 is 12.2 Å². The molecule has 2 saturated heterocycles. The second-order valence-corrected chi connectivity index (χ2v) is 9.62. The van der Waals surface area contributed by atoms with Gasteiger partial charge < -0.3 is 15.1 Å². The standard InChI is InChI=1S/C27H26ClF3N4O/c28-22-10-7-18(8-11-22)25(20-9-12-24(32-16-20)34-13-2-1-3-14-34)35-23(17-33-26(35)36)19-5-4-6-21(15-19)27(29,30)31/h4-12,15-16,23,25H,1-3,13-14,17H2,(H,33,36). The van der Waals surface area contributed by atoms with E-state index in [1.165, 1.54) is 12.5 Å². The molecule has 188 valence electrons. The maximum atomic E-state index is 13.4. The summed E-state index contributed by atoms with van der Waals surface area (Å²) < 4.78 is 40.3. The van der Waals surface area contributed by atoms with Gasteiger partial charge in [0.2, 0.25) is 0 Å². The van der Waals surface area contributed by atoms with Gasteiger partial charge in [-0.05, 0) is 66.3 Å². The zero-order valence-corrected chi connectivity index (χ0v) is 20.3. The Balaban J connectivity index is 1.54. The molecule has 0 spiro atoms. The Hall–Kier alpha value is -3.26. The number of hydrogen-bond donors (Lipinski definition) is 1. The molecule has 5 rings (SSSR count). The first kappa shape index (κ1) is 24.4. The molecule has 0 aliphatic carbocycles. The highest BCUT2D eigenvalue weighted by Crippen LogP contribution is 2.40. The summed E-state index contributed by atoms with van der Waals surface area (Å²) in [4.78, 5) is 21.7. The van der Waals surface area contributed by atoms with Gasteiger partial charge in [0.1, 0.15) is 5.82 Å². The molecule has 0 saturated carbocycles. The molecule has 2 amide bonds. The number of anilines is 1. The molecule has 0 radical (unpaired) electrons. The third-order valence-corrected chi connectivity index (χ3v) is 7.10. The van der Waals surface area contributed by atoms with Crippen molar-refractivity contribution < 1.29 is 18.0 Å². The Morgan fingerprint density at radius 2 is 1.69 bits per heavy atom. The Morgan fingerprint density at radius 1 is 0.972 bits per heavy atom. The minimum atomic E-state index is -4.47. The van der Waals surface area contributed by atoms with E-state index in [4.69, 9.17) is 16.6 Å². The zero-order valence-electron chi connectivity index (χ0n) is 19.5. The lowest BCUT2D eigenvalue weighted by molar-refractivity contribution is -0.137. The molecule has 1 N–H and O–H groups in total. The first-order valence-corrected chi connectivity index (χ1v) is 12.4. The van der Waals surface area contributed by atoms with Crippen LogP contribution in [0.2, 0.25) is 5.02 Å². The average molecular weight is 515 g/mol. The van der Waals surface area contributed by atoms with Crippen LogP contribution in [0.4, 0.5) is 23.8 Å². The Bertz CT molecular complexity index is 1210. The van der Waals surface area contributed by atoms with Crippen LogP contribution in [-0.2, 0) is 6.18 Å². The lowest BCUT2D eigenvalue weighted by Crippen LogP contribution is -2.35. The normalized spacial score (nSPS) is 19.3. The maximum absolute atomic E-state index is 13.4. The van der Waals surface area contributed by atoms with Gasteiger partial charge in [0.25, 0.3) is 0 Å². The van der Waals surface area contributed by atoms with Crippen molar-refractivity contribution in [3.8, 4) is 0 Å². The predicted octanol–water partition coefficient (Wildman–Crippen LogP) is 6.60. The second-order valence-electron chi connectivity index (χ2n) is 9.18. The van der Waals surface area contributed by atoms with E-state index in [2.05, 4.69) is 10.2 Å².